The van der Waals surface area contributed by atoms with Gasteiger partial charge in [0, 0.05) is 12.1 Å². The van der Waals surface area contributed by atoms with Crippen LogP contribution in [0.15, 0.2) is 18.2 Å². The maximum absolute atomic E-state index is 11.8. The van der Waals surface area contributed by atoms with Gasteiger partial charge < -0.3 is 19.5 Å². The average Bonchev–Trinajstić information content (AvgIpc) is 2.93. The second-order valence-corrected chi connectivity index (χ2v) is 5.72. The molecule has 2 rings (SSSR count). The second-order valence-electron chi connectivity index (χ2n) is 5.31. The Balaban J connectivity index is 1.96. The number of fused-ring (bicyclic) bond motifs is 1. The van der Waals surface area contributed by atoms with E-state index >= 15 is 0 Å². The van der Waals surface area contributed by atoms with Crippen LogP contribution in [0.3, 0.4) is 0 Å². The number of esters is 1. The lowest BCUT2D eigenvalue weighted by Crippen LogP contribution is -2.39. The van der Waals surface area contributed by atoms with Crippen LogP contribution in [0, 0.1) is 0 Å². The summed E-state index contributed by atoms with van der Waals surface area (Å²) in [6.45, 7) is 5.29. The smallest absolute Gasteiger partial charge is 0.331 e. The lowest BCUT2D eigenvalue weighted by Gasteiger charge is -2.14. The summed E-state index contributed by atoms with van der Waals surface area (Å²) in [5.41, 5.74) is 0.662. The Morgan fingerprint density at radius 3 is 2.74 bits per heavy atom. The number of hydrogen-bond donors (Lipinski definition) is 1. The Morgan fingerprint density at radius 1 is 1.30 bits per heavy atom. The molecular weight excluding hydrogens is 322 g/mol. The Morgan fingerprint density at radius 2 is 2.04 bits per heavy atom. The molecule has 0 saturated heterocycles. The number of carbonyl (C=O) groups excluding carboxylic acids is 2. The fourth-order valence-electron chi connectivity index (χ4n) is 1.92. The highest BCUT2D eigenvalue weighted by atomic mass is 35.5. The first-order chi connectivity index (χ1) is 10.9. The lowest BCUT2D eigenvalue weighted by molar-refractivity contribution is -0.150. The fraction of sp³-hybridized carbons (Fsp3) is 0.375. The van der Waals surface area contributed by atoms with Crippen molar-refractivity contribution in [1.82, 2.24) is 5.32 Å². The van der Waals surface area contributed by atoms with Crippen LogP contribution >= 0.6 is 11.6 Å². The number of carbonyl (C=O) groups is 2. The molecule has 23 heavy (non-hydrogen) atoms. The van der Waals surface area contributed by atoms with Crippen molar-refractivity contribution in [3.05, 3.63) is 28.8 Å². The normalized spacial score (nSPS) is 14.1. The van der Waals surface area contributed by atoms with Gasteiger partial charge in [-0.25, -0.2) is 4.79 Å². The molecule has 124 valence electrons. The number of ether oxygens (including phenoxy) is 3. The maximum Gasteiger partial charge on any atom is 0.331 e. The molecule has 0 bridgehead atoms. The highest BCUT2D eigenvalue weighted by Gasteiger charge is 2.19. The molecule has 1 N–H and O–H groups in total. The molecule has 6 nitrogen and oxygen atoms in total. The summed E-state index contributed by atoms with van der Waals surface area (Å²) in [5.74, 6) is 0.0543. The van der Waals surface area contributed by atoms with Gasteiger partial charge >= 0.3 is 5.97 Å². The van der Waals surface area contributed by atoms with Crippen LogP contribution in [0.5, 0.6) is 11.5 Å². The molecule has 1 amide bonds. The first kappa shape index (κ1) is 17.1. The maximum atomic E-state index is 11.8. The van der Waals surface area contributed by atoms with Gasteiger partial charge in [-0.1, -0.05) is 11.6 Å². The van der Waals surface area contributed by atoms with Gasteiger partial charge in [0.2, 0.25) is 6.79 Å². The van der Waals surface area contributed by atoms with E-state index in [4.69, 9.17) is 25.8 Å². The topological polar surface area (TPSA) is 73.9 Å². The van der Waals surface area contributed by atoms with Crippen LogP contribution in [0.1, 0.15) is 26.3 Å². The van der Waals surface area contributed by atoms with Crippen molar-refractivity contribution < 1.29 is 23.8 Å². The lowest BCUT2D eigenvalue weighted by atomic mass is 10.2. The molecule has 0 unspecified atom stereocenters. The quantitative estimate of drug-likeness (QED) is 0.659. The molecule has 0 radical (unpaired) electrons. The van der Waals surface area contributed by atoms with Crippen LogP contribution in [-0.2, 0) is 14.3 Å². The first-order valence-electron chi connectivity index (χ1n) is 7.15. The van der Waals surface area contributed by atoms with Gasteiger partial charge in [-0.3, -0.25) is 4.79 Å². The average molecular weight is 340 g/mol. The van der Waals surface area contributed by atoms with Crippen LogP contribution in [0.25, 0.3) is 6.08 Å². The van der Waals surface area contributed by atoms with Gasteiger partial charge in [-0.15, -0.1) is 0 Å². The zero-order valence-corrected chi connectivity index (χ0v) is 13.8. The molecule has 0 spiro atoms. The van der Waals surface area contributed by atoms with Crippen LogP contribution < -0.4 is 14.8 Å². The third kappa shape index (κ3) is 4.63. The molecule has 1 aromatic carbocycles. The number of amides is 1. The van der Waals surface area contributed by atoms with Gasteiger partial charge in [-0.2, -0.15) is 0 Å². The third-order valence-corrected chi connectivity index (χ3v) is 3.24. The van der Waals surface area contributed by atoms with Crippen LogP contribution in [0.4, 0.5) is 0 Å². The standard InChI is InChI=1S/C16H18ClNO5/c1-9(2)18-16(20)10(3)23-14(19)5-4-11-6-12(17)15-13(7-11)21-8-22-15/h4-7,9-10H,8H2,1-3H3,(H,18,20)/b5-4+/t10-/m1/s1. The van der Waals surface area contributed by atoms with Crippen molar-refractivity contribution in [2.45, 2.75) is 32.9 Å². The van der Waals surface area contributed by atoms with Crippen molar-refractivity contribution in [1.29, 1.82) is 0 Å². The minimum atomic E-state index is -0.866. The van der Waals surface area contributed by atoms with Crippen molar-refractivity contribution in [3.63, 3.8) is 0 Å². The largest absolute Gasteiger partial charge is 0.454 e. The highest BCUT2D eigenvalue weighted by molar-refractivity contribution is 6.32. The summed E-state index contributed by atoms with van der Waals surface area (Å²) >= 11 is 6.06. The van der Waals surface area contributed by atoms with Crippen molar-refractivity contribution in [2.24, 2.45) is 0 Å². The van der Waals surface area contributed by atoms with E-state index in [1.54, 1.807) is 12.1 Å². The van der Waals surface area contributed by atoms with Gasteiger partial charge in [-0.05, 0) is 44.5 Å². The van der Waals surface area contributed by atoms with Gasteiger partial charge in [0.25, 0.3) is 5.91 Å². The molecule has 1 aliphatic rings. The van der Waals surface area contributed by atoms with Crippen molar-refractivity contribution in [2.75, 3.05) is 6.79 Å². The van der Waals surface area contributed by atoms with E-state index in [-0.39, 0.29) is 18.7 Å². The monoisotopic (exact) mass is 339 g/mol. The van der Waals surface area contributed by atoms with E-state index < -0.39 is 12.1 Å². The van der Waals surface area contributed by atoms with Crippen molar-refractivity contribution in [3.8, 4) is 11.5 Å². The molecule has 0 aliphatic carbocycles. The second kappa shape index (κ2) is 7.37. The van der Waals surface area contributed by atoms with E-state index in [1.807, 2.05) is 13.8 Å². The molecule has 1 atom stereocenters. The molecular formula is C16H18ClNO5. The number of nitrogens with one attached hydrogen (secondary N) is 1. The minimum Gasteiger partial charge on any atom is -0.454 e. The number of hydrogen-bond acceptors (Lipinski definition) is 5. The predicted molar refractivity (Wildman–Crippen MR) is 85.4 cm³/mol. The summed E-state index contributed by atoms with van der Waals surface area (Å²) in [5, 5.41) is 3.07. The van der Waals surface area contributed by atoms with E-state index in [2.05, 4.69) is 5.32 Å². The van der Waals surface area contributed by atoms with Gasteiger partial charge in [0.1, 0.15) is 0 Å². The Labute approximate surface area is 139 Å². The summed E-state index contributed by atoms with van der Waals surface area (Å²) in [4.78, 5) is 23.4. The van der Waals surface area contributed by atoms with Crippen molar-refractivity contribution >= 4 is 29.6 Å². The third-order valence-electron chi connectivity index (χ3n) is 2.95. The highest BCUT2D eigenvalue weighted by Crippen LogP contribution is 2.40. The zero-order chi connectivity index (χ0) is 17.0. The molecule has 0 aromatic heterocycles. The SMILES string of the molecule is CC(C)NC(=O)[C@@H](C)OC(=O)/C=C/c1cc(Cl)c2c(c1)OCO2. The fourth-order valence-corrected chi connectivity index (χ4v) is 2.19. The summed E-state index contributed by atoms with van der Waals surface area (Å²) in [6.07, 6.45) is 1.89. The Bertz CT molecular complexity index is 642. The van der Waals surface area contributed by atoms with Gasteiger partial charge in [0.15, 0.2) is 17.6 Å². The zero-order valence-electron chi connectivity index (χ0n) is 13.1. The van der Waals surface area contributed by atoms with Crippen LogP contribution in [-0.4, -0.2) is 30.8 Å². The first-order valence-corrected chi connectivity index (χ1v) is 7.53. The van der Waals surface area contributed by atoms with Gasteiger partial charge in [0.05, 0.1) is 5.02 Å². The number of halogens is 1. The molecule has 0 saturated carbocycles. The number of benzene rings is 1. The van der Waals surface area contributed by atoms with E-state index in [0.717, 1.165) is 0 Å². The van der Waals surface area contributed by atoms with E-state index in [9.17, 15) is 9.59 Å². The van der Waals surface area contributed by atoms with E-state index in [1.165, 1.54) is 19.1 Å². The number of rotatable bonds is 5. The summed E-state index contributed by atoms with van der Waals surface area (Å²) in [7, 11) is 0. The van der Waals surface area contributed by atoms with Crippen LogP contribution in [0.2, 0.25) is 5.02 Å². The summed E-state index contributed by atoms with van der Waals surface area (Å²) in [6, 6.07) is 3.33. The Hall–Kier alpha value is -2.21. The Kier molecular flexibility index (Phi) is 5.50. The van der Waals surface area contributed by atoms with E-state index in [0.29, 0.717) is 22.1 Å². The minimum absolute atomic E-state index is 0.0185. The molecule has 7 heteroatoms. The predicted octanol–water partition coefficient (Wildman–Crippen LogP) is 2.54. The summed E-state index contributed by atoms with van der Waals surface area (Å²) < 4.78 is 15.5. The molecule has 1 aromatic rings. The molecule has 1 aliphatic heterocycles. The molecule has 1 heterocycles. The molecule has 0 fully saturated rings.